The van der Waals surface area contributed by atoms with Crippen LogP contribution in [0.15, 0.2) is 18.2 Å². The zero-order valence-corrected chi connectivity index (χ0v) is 10.0. The molecule has 0 unspecified atom stereocenters. The van der Waals surface area contributed by atoms with E-state index in [0.29, 0.717) is 24.4 Å². The minimum atomic E-state index is -0.131. The van der Waals surface area contributed by atoms with Crippen molar-refractivity contribution in [3.8, 4) is 0 Å². The number of hydrogen-bond donors (Lipinski definition) is 1. The van der Waals surface area contributed by atoms with Crippen molar-refractivity contribution < 1.29 is 9.59 Å². The number of amides is 2. The molecule has 1 fully saturated rings. The molecule has 0 saturated carbocycles. The minimum Gasteiger partial charge on any atom is -0.326 e. The summed E-state index contributed by atoms with van der Waals surface area (Å²) in [5, 5.41) is 0.542. The Morgan fingerprint density at radius 3 is 2.41 bits per heavy atom. The number of carbonyl (C=O) groups is 2. The molecule has 1 aliphatic heterocycles. The summed E-state index contributed by atoms with van der Waals surface area (Å²) in [6.07, 6.45) is 0.606. The molecule has 2 N–H and O–H groups in total. The van der Waals surface area contributed by atoms with Gasteiger partial charge in [-0.15, -0.1) is 0 Å². The van der Waals surface area contributed by atoms with Gasteiger partial charge in [0.15, 0.2) is 0 Å². The van der Waals surface area contributed by atoms with Gasteiger partial charge in [-0.2, -0.15) is 0 Å². The van der Waals surface area contributed by atoms with Gasteiger partial charge in [-0.05, 0) is 17.2 Å². The van der Waals surface area contributed by atoms with Crippen molar-refractivity contribution in [1.29, 1.82) is 0 Å². The average Bonchev–Trinajstić information content (AvgIpc) is 2.63. The van der Waals surface area contributed by atoms with Crippen LogP contribution in [-0.4, -0.2) is 16.7 Å². The number of carbonyl (C=O) groups excluding carboxylic acids is 2. The molecule has 2 amide bonds. The SMILES string of the molecule is NCc1ccc(CN2C(=O)CCC2=O)c(Cl)c1. The molecule has 1 heterocycles. The molecule has 1 saturated heterocycles. The third-order valence-corrected chi connectivity index (χ3v) is 3.19. The maximum atomic E-state index is 11.5. The van der Waals surface area contributed by atoms with Crippen molar-refractivity contribution in [2.75, 3.05) is 0 Å². The number of imide groups is 1. The van der Waals surface area contributed by atoms with E-state index in [9.17, 15) is 9.59 Å². The van der Waals surface area contributed by atoms with Crippen LogP contribution in [0, 0.1) is 0 Å². The van der Waals surface area contributed by atoms with Gasteiger partial charge < -0.3 is 5.73 Å². The highest BCUT2D eigenvalue weighted by molar-refractivity contribution is 6.31. The Morgan fingerprint density at radius 1 is 1.24 bits per heavy atom. The molecule has 1 aliphatic rings. The van der Waals surface area contributed by atoms with Gasteiger partial charge in [0.1, 0.15) is 0 Å². The molecule has 2 rings (SSSR count). The molecular formula is C12H13ClN2O2. The monoisotopic (exact) mass is 252 g/mol. The molecule has 0 spiro atoms. The normalized spacial score (nSPS) is 15.8. The van der Waals surface area contributed by atoms with Crippen LogP contribution >= 0.6 is 11.6 Å². The summed E-state index contributed by atoms with van der Waals surface area (Å²) in [5.41, 5.74) is 7.20. The summed E-state index contributed by atoms with van der Waals surface area (Å²) in [5.74, 6) is -0.261. The Balaban J connectivity index is 2.18. The highest BCUT2D eigenvalue weighted by Gasteiger charge is 2.29. The third-order valence-electron chi connectivity index (χ3n) is 2.84. The lowest BCUT2D eigenvalue weighted by molar-refractivity contribution is -0.139. The van der Waals surface area contributed by atoms with Gasteiger partial charge in [-0.1, -0.05) is 23.7 Å². The molecule has 90 valence electrons. The van der Waals surface area contributed by atoms with Crippen molar-refractivity contribution in [2.24, 2.45) is 5.73 Å². The fourth-order valence-electron chi connectivity index (χ4n) is 1.82. The van der Waals surface area contributed by atoms with Crippen LogP contribution in [0.4, 0.5) is 0 Å². The highest BCUT2D eigenvalue weighted by atomic mass is 35.5. The second-order valence-electron chi connectivity index (χ2n) is 4.00. The number of rotatable bonds is 3. The maximum absolute atomic E-state index is 11.5. The lowest BCUT2D eigenvalue weighted by atomic mass is 10.1. The van der Waals surface area contributed by atoms with E-state index in [2.05, 4.69) is 0 Å². The first-order chi connectivity index (χ1) is 8.11. The van der Waals surface area contributed by atoms with Crippen molar-refractivity contribution in [1.82, 2.24) is 4.90 Å². The largest absolute Gasteiger partial charge is 0.326 e. The number of likely N-dealkylation sites (tertiary alicyclic amines) is 1. The van der Waals surface area contributed by atoms with Crippen molar-refractivity contribution in [3.05, 3.63) is 34.3 Å². The van der Waals surface area contributed by atoms with Crippen LogP contribution in [0.3, 0.4) is 0 Å². The van der Waals surface area contributed by atoms with Crippen LogP contribution in [0.25, 0.3) is 0 Å². The van der Waals surface area contributed by atoms with E-state index in [1.54, 1.807) is 6.07 Å². The number of nitrogens with zero attached hydrogens (tertiary/aromatic N) is 1. The molecule has 4 nitrogen and oxygen atoms in total. The summed E-state index contributed by atoms with van der Waals surface area (Å²) >= 11 is 6.08. The molecule has 5 heteroatoms. The minimum absolute atomic E-state index is 0.131. The van der Waals surface area contributed by atoms with Gasteiger partial charge in [0.2, 0.25) is 11.8 Å². The second-order valence-corrected chi connectivity index (χ2v) is 4.41. The van der Waals surface area contributed by atoms with E-state index in [0.717, 1.165) is 11.1 Å². The number of halogens is 1. The predicted octanol–water partition coefficient (Wildman–Crippen LogP) is 1.45. The molecule has 0 aromatic heterocycles. The van der Waals surface area contributed by atoms with E-state index in [1.807, 2.05) is 12.1 Å². The molecule has 0 atom stereocenters. The molecule has 0 radical (unpaired) electrons. The zero-order valence-electron chi connectivity index (χ0n) is 9.28. The van der Waals surface area contributed by atoms with E-state index in [-0.39, 0.29) is 18.4 Å². The van der Waals surface area contributed by atoms with Crippen LogP contribution in [0.1, 0.15) is 24.0 Å². The first-order valence-electron chi connectivity index (χ1n) is 5.42. The Kier molecular flexibility index (Phi) is 3.45. The summed E-state index contributed by atoms with van der Waals surface area (Å²) in [7, 11) is 0. The van der Waals surface area contributed by atoms with Crippen molar-refractivity contribution in [3.63, 3.8) is 0 Å². The van der Waals surface area contributed by atoms with Gasteiger partial charge in [0.25, 0.3) is 0 Å². The number of hydrogen-bond acceptors (Lipinski definition) is 3. The quantitative estimate of drug-likeness (QED) is 0.828. The van der Waals surface area contributed by atoms with Crippen molar-refractivity contribution >= 4 is 23.4 Å². The summed E-state index contributed by atoms with van der Waals surface area (Å²) < 4.78 is 0. The maximum Gasteiger partial charge on any atom is 0.229 e. The molecular weight excluding hydrogens is 240 g/mol. The second kappa shape index (κ2) is 4.85. The Labute approximate surface area is 104 Å². The Bertz CT molecular complexity index is 458. The molecule has 0 bridgehead atoms. The first kappa shape index (κ1) is 12.1. The van der Waals surface area contributed by atoms with Gasteiger partial charge >= 0.3 is 0 Å². The highest BCUT2D eigenvalue weighted by Crippen LogP contribution is 2.22. The molecule has 1 aromatic rings. The molecule has 17 heavy (non-hydrogen) atoms. The van der Waals surface area contributed by atoms with Gasteiger partial charge in [0, 0.05) is 24.4 Å². The summed E-state index contributed by atoms with van der Waals surface area (Å²) in [4.78, 5) is 24.2. The lowest BCUT2D eigenvalue weighted by Gasteiger charge is -2.15. The van der Waals surface area contributed by atoms with Crippen molar-refractivity contribution in [2.45, 2.75) is 25.9 Å². The van der Waals surface area contributed by atoms with Crippen LogP contribution in [-0.2, 0) is 22.7 Å². The number of benzene rings is 1. The summed E-state index contributed by atoms with van der Waals surface area (Å²) in [6, 6.07) is 5.43. The fourth-order valence-corrected chi connectivity index (χ4v) is 2.08. The standard InChI is InChI=1S/C12H13ClN2O2/c13-10-5-8(6-14)1-2-9(10)7-15-11(16)3-4-12(15)17/h1-2,5H,3-4,6-7,14H2. The van der Waals surface area contributed by atoms with Gasteiger partial charge in [-0.3, -0.25) is 14.5 Å². The first-order valence-corrected chi connectivity index (χ1v) is 5.80. The number of nitrogens with two attached hydrogens (primary N) is 1. The average molecular weight is 253 g/mol. The van der Waals surface area contributed by atoms with Crippen LogP contribution < -0.4 is 5.73 Å². The Morgan fingerprint density at radius 2 is 1.88 bits per heavy atom. The summed E-state index contributed by atoms with van der Waals surface area (Å²) in [6.45, 7) is 0.670. The fraction of sp³-hybridized carbons (Fsp3) is 0.333. The Hall–Kier alpha value is -1.39. The van der Waals surface area contributed by atoms with Gasteiger partial charge in [-0.25, -0.2) is 0 Å². The molecule has 0 aliphatic carbocycles. The molecule has 1 aromatic carbocycles. The zero-order chi connectivity index (χ0) is 12.4. The predicted molar refractivity (Wildman–Crippen MR) is 64.1 cm³/mol. The van der Waals surface area contributed by atoms with Crippen LogP contribution in [0.2, 0.25) is 5.02 Å². The van der Waals surface area contributed by atoms with E-state index >= 15 is 0 Å². The van der Waals surface area contributed by atoms with Gasteiger partial charge in [0.05, 0.1) is 6.54 Å². The van der Waals surface area contributed by atoms with E-state index < -0.39 is 0 Å². The smallest absolute Gasteiger partial charge is 0.229 e. The van der Waals surface area contributed by atoms with E-state index in [4.69, 9.17) is 17.3 Å². The van der Waals surface area contributed by atoms with E-state index in [1.165, 1.54) is 4.90 Å². The third kappa shape index (κ3) is 2.48. The lowest BCUT2D eigenvalue weighted by Crippen LogP contribution is -2.28. The topological polar surface area (TPSA) is 63.4 Å². The van der Waals surface area contributed by atoms with Crippen LogP contribution in [0.5, 0.6) is 0 Å².